The summed E-state index contributed by atoms with van der Waals surface area (Å²) in [5.41, 5.74) is 2.20. The number of nitrogens with zero attached hydrogens (tertiary/aromatic N) is 6. The van der Waals surface area contributed by atoms with Crippen molar-refractivity contribution in [1.82, 2.24) is 30.0 Å². The van der Waals surface area contributed by atoms with E-state index < -0.39 is 0 Å². The lowest BCUT2D eigenvalue weighted by Crippen LogP contribution is -3.00. The zero-order chi connectivity index (χ0) is 24.0. The Kier molecular flexibility index (Phi) is 8.35. The van der Waals surface area contributed by atoms with E-state index in [4.69, 9.17) is 9.15 Å². The van der Waals surface area contributed by atoms with Gasteiger partial charge in [-0.2, -0.15) is 0 Å². The molecule has 188 valence electrons. The molecule has 5 rings (SSSR count). The number of ether oxygens (including phenoxy) is 1. The summed E-state index contributed by atoms with van der Waals surface area (Å²) in [6.07, 6.45) is 1.53. The standard InChI is InChI=1S/C26H28N6O3.ClH/c1-2-34-22-12-10-21(11-13-22)24(25-27-28-29-32(25)19-20-7-4-3-5-8-20)30-14-16-31(17-15-30)26(33)23-9-6-18-35-23;/h3-13,18,24H,2,14-17,19H2,1H3;1H/p-1. The number of amides is 1. The van der Waals surface area contributed by atoms with Crippen LogP contribution in [0, 0.1) is 0 Å². The minimum absolute atomic E-state index is 0. The summed E-state index contributed by atoms with van der Waals surface area (Å²) in [6, 6.07) is 21.5. The Labute approximate surface area is 216 Å². The molecular weight excluding hydrogens is 480 g/mol. The molecule has 1 saturated heterocycles. The second-order valence-corrected chi connectivity index (χ2v) is 8.39. The van der Waals surface area contributed by atoms with Gasteiger partial charge >= 0.3 is 0 Å². The summed E-state index contributed by atoms with van der Waals surface area (Å²) in [5.74, 6) is 1.88. The lowest BCUT2D eigenvalue weighted by molar-refractivity contribution is -0.0000186. The fraction of sp³-hybridized carbons (Fsp3) is 0.308. The van der Waals surface area contributed by atoms with Crippen LogP contribution in [0.15, 0.2) is 77.4 Å². The number of piperazine rings is 1. The maximum Gasteiger partial charge on any atom is 0.289 e. The first-order valence-corrected chi connectivity index (χ1v) is 11.8. The fourth-order valence-electron chi connectivity index (χ4n) is 4.45. The third-order valence-electron chi connectivity index (χ3n) is 6.18. The van der Waals surface area contributed by atoms with E-state index in [0.29, 0.717) is 45.1 Å². The van der Waals surface area contributed by atoms with Gasteiger partial charge in [-0.25, -0.2) is 4.68 Å². The van der Waals surface area contributed by atoms with Gasteiger partial charge in [0.05, 0.1) is 25.5 Å². The molecule has 4 aromatic rings. The second kappa shape index (κ2) is 11.8. The molecule has 0 radical (unpaired) electrons. The highest BCUT2D eigenvalue weighted by molar-refractivity contribution is 5.91. The van der Waals surface area contributed by atoms with E-state index in [0.717, 1.165) is 22.7 Å². The Morgan fingerprint density at radius 1 is 1.00 bits per heavy atom. The number of benzene rings is 2. The molecule has 1 amide bonds. The van der Waals surface area contributed by atoms with E-state index in [9.17, 15) is 4.79 Å². The van der Waals surface area contributed by atoms with Crippen LogP contribution in [-0.2, 0) is 6.54 Å². The molecule has 1 fully saturated rings. The van der Waals surface area contributed by atoms with E-state index >= 15 is 0 Å². The van der Waals surface area contributed by atoms with Crippen molar-refractivity contribution in [2.45, 2.75) is 19.5 Å². The van der Waals surface area contributed by atoms with Crippen LogP contribution in [-0.4, -0.2) is 68.7 Å². The lowest BCUT2D eigenvalue weighted by Gasteiger charge is -2.38. The highest BCUT2D eigenvalue weighted by atomic mass is 35.5. The Hall–Kier alpha value is -3.69. The highest BCUT2D eigenvalue weighted by Crippen LogP contribution is 2.30. The van der Waals surface area contributed by atoms with Gasteiger partial charge in [0.15, 0.2) is 11.6 Å². The first-order chi connectivity index (χ1) is 17.2. The Bertz CT molecular complexity index is 1220. The van der Waals surface area contributed by atoms with E-state index in [1.807, 2.05) is 46.8 Å². The highest BCUT2D eigenvalue weighted by Gasteiger charge is 2.32. The average Bonchev–Trinajstić information content (AvgIpc) is 3.59. The van der Waals surface area contributed by atoms with Crippen LogP contribution in [0.25, 0.3) is 0 Å². The third kappa shape index (κ3) is 5.58. The van der Waals surface area contributed by atoms with Gasteiger partial charge < -0.3 is 26.5 Å². The van der Waals surface area contributed by atoms with Gasteiger partial charge in [-0.1, -0.05) is 42.5 Å². The van der Waals surface area contributed by atoms with Crippen LogP contribution in [0.2, 0.25) is 0 Å². The lowest BCUT2D eigenvalue weighted by atomic mass is 10.0. The molecule has 0 bridgehead atoms. The largest absolute Gasteiger partial charge is 1.00 e. The van der Waals surface area contributed by atoms with E-state index in [1.165, 1.54) is 6.26 Å². The second-order valence-electron chi connectivity index (χ2n) is 8.39. The summed E-state index contributed by atoms with van der Waals surface area (Å²) in [5, 5.41) is 12.8. The van der Waals surface area contributed by atoms with Gasteiger partial charge in [-0.05, 0) is 52.7 Å². The molecule has 0 spiro atoms. The van der Waals surface area contributed by atoms with Crippen molar-refractivity contribution in [3.63, 3.8) is 0 Å². The third-order valence-corrected chi connectivity index (χ3v) is 6.18. The van der Waals surface area contributed by atoms with Crippen molar-refractivity contribution in [3.8, 4) is 5.75 Å². The Morgan fingerprint density at radius 2 is 1.75 bits per heavy atom. The molecule has 0 saturated carbocycles. The number of hydrogen-bond acceptors (Lipinski definition) is 7. The normalized spacial score (nSPS) is 14.8. The summed E-state index contributed by atoms with van der Waals surface area (Å²) < 4.78 is 12.8. The molecule has 10 heteroatoms. The minimum atomic E-state index is -0.162. The van der Waals surface area contributed by atoms with Gasteiger partial charge in [0, 0.05) is 26.2 Å². The number of rotatable bonds is 8. The number of aromatic nitrogens is 4. The van der Waals surface area contributed by atoms with E-state index in [2.05, 4.69) is 44.7 Å². The zero-order valence-corrected chi connectivity index (χ0v) is 20.8. The molecule has 1 aliphatic heterocycles. The molecule has 1 atom stereocenters. The zero-order valence-electron chi connectivity index (χ0n) is 20.0. The Morgan fingerprint density at radius 3 is 2.42 bits per heavy atom. The molecular formula is C26H28ClN6O3-. The van der Waals surface area contributed by atoms with E-state index in [-0.39, 0.29) is 24.4 Å². The monoisotopic (exact) mass is 507 g/mol. The maximum atomic E-state index is 12.8. The number of carbonyl (C=O) groups excluding carboxylic acids is 1. The summed E-state index contributed by atoms with van der Waals surface area (Å²) in [6.45, 7) is 5.71. The number of furan rings is 1. The molecule has 0 N–H and O–H groups in total. The fourth-order valence-corrected chi connectivity index (χ4v) is 4.45. The summed E-state index contributed by atoms with van der Waals surface area (Å²) in [4.78, 5) is 16.9. The van der Waals surface area contributed by atoms with Gasteiger partial charge in [0.2, 0.25) is 0 Å². The predicted octanol–water partition coefficient (Wildman–Crippen LogP) is 0.265. The van der Waals surface area contributed by atoms with Crippen LogP contribution in [0.3, 0.4) is 0 Å². The van der Waals surface area contributed by atoms with Gasteiger partial charge in [0.1, 0.15) is 5.75 Å². The summed E-state index contributed by atoms with van der Waals surface area (Å²) >= 11 is 0. The molecule has 3 heterocycles. The van der Waals surface area contributed by atoms with Crippen molar-refractivity contribution in [2.24, 2.45) is 0 Å². The van der Waals surface area contributed by atoms with Crippen molar-refractivity contribution >= 4 is 5.91 Å². The first-order valence-electron chi connectivity index (χ1n) is 11.8. The SMILES string of the molecule is CCOc1ccc(C(c2nnnn2Cc2ccccc2)N2CCN(C(=O)c3ccco3)CC2)cc1.[Cl-]. The predicted molar refractivity (Wildman–Crippen MR) is 129 cm³/mol. The van der Waals surface area contributed by atoms with Gasteiger partial charge in [-0.3, -0.25) is 9.69 Å². The van der Waals surface area contributed by atoms with Crippen LogP contribution < -0.4 is 17.1 Å². The topological polar surface area (TPSA) is 89.5 Å². The van der Waals surface area contributed by atoms with Crippen molar-refractivity contribution in [1.29, 1.82) is 0 Å². The van der Waals surface area contributed by atoms with Gasteiger partial charge in [-0.15, -0.1) is 5.10 Å². The average molecular weight is 508 g/mol. The quantitative estimate of drug-likeness (QED) is 0.338. The number of hydrogen-bond donors (Lipinski definition) is 0. The molecule has 1 unspecified atom stereocenters. The Balaban J connectivity index is 0.00000304. The van der Waals surface area contributed by atoms with Crippen LogP contribution in [0.5, 0.6) is 5.75 Å². The van der Waals surface area contributed by atoms with Crippen molar-refractivity contribution in [3.05, 3.63) is 95.7 Å². The van der Waals surface area contributed by atoms with E-state index in [1.54, 1.807) is 12.1 Å². The summed E-state index contributed by atoms with van der Waals surface area (Å²) in [7, 11) is 0. The maximum absolute atomic E-state index is 12.8. The smallest absolute Gasteiger partial charge is 0.289 e. The number of carbonyl (C=O) groups is 1. The van der Waals surface area contributed by atoms with Crippen molar-refractivity contribution in [2.75, 3.05) is 32.8 Å². The molecule has 2 aromatic carbocycles. The molecule has 9 nitrogen and oxygen atoms in total. The van der Waals surface area contributed by atoms with Gasteiger partial charge in [0.25, 0.3) is 5.91 Å². The number of halogens is 1. The molecule has 2 aromatic heterocycles. The van der Waals surface area contributed by atoms with Crippen LogP contribution in [0.1, 0.15) is 40.5 Å². The minimum Gasteiger partial charge on any atom is -1.00 e. The van der Waals surface area contributed by atoms with Crippen LogP contribution >= 0.6 is 0 Å². The first kappa shape index (κ1) is 25.4. The van der Waals surface area contributed by atoms with Crippen LogP contribution in [0.4, 0.5) is 0 Å². The van der Waals surface area contributed by atoms with Crippen molar-refractivity contribution < 1.29 is 26.4 Å². The molecule has 0 aliphatic carbocycles. The molecule has 1 aliphatic rings. The molecule has 36 heavy (non-hydrogen) atoms. The number of tetrazole rings is 1.